The van der Waals surface area contributed by atoms with Gasteiger partial charge in [0.25, 0.3) is 0 Å². The predicted octanol–water partition coefficient (Wildman–Crippen LogP) is 1.87. The number of hydrogen-bond acceptors (Lipinski definition) is 2. The molecule has 1 aliphatic heterocycles. The highest BCUT2D eigenvalue weighted by Gasteiger charge is 2.43. The molecule has 1 aliphatic rings. The van der Waals surface area contributed by atoms with Crippen molar-refractivity contribution >= 4 is 11.8 Å². The van der Waals surface area contributed by atoms with Gasteiger partial charge >= 0.3 is 0 Å². The van der Waals surface area contributed by atoms with Crippen LogP contribution in [0.5, 0.6) is 0 Å². The molecule has 23 heavy (non-hydrogen) atoms. The van der Waals surface area contributed by atoms with Crippen LogP contribution in [0.1, 0.15) is 25.3 Å². The van der Waals surface area contributed by atoms with Gasteiger partial charge in [-0.25, -0.2) is 0 Å². The summed E-state index contributed by atoms with van der Waals surface area (Å²) in [6.07, 6.45) is 2.52. The van der Waals surface area contributed by atoms with Gasteiger partial charge in [0.1, 0.15) is 0 Å². The molecule has 0 aromatic heterocycles. The summed E-state index contributed by atoms with van der Waals surface area (Å²) in [5.41, 5.74) is 0.391. The first kappa shape index (κ1) is 16.8. The van der Waals surface area contributed by atoms with E-state index in [0.717, 1.165) is 5.56 Å². The molecule has 120 valence electrons. The van der Waals surface area contributed by atoms with Crippen molar-refractivity contribution in [2.75, 3.05) is 19.6 Å². The molecule has 2 rings (SSSR count). The lowest BCUT2D eigenvalue weighted by Crippen LogP contribution is -2.52. The number of rotatable bonds is 4. The van der Waals surface area contributed by atoms with E-state index in [1.54, 1.807) is 11.8 Å². The van der Waals surface area contributed by atoms with Crippen LogP contribution < -0.4 is 5.32 Å². The Morgan fingerprint density at radius 2 is 1.96 bits per heavy atom. The van der Waals surface area contributed by atoms with Gasteiger partial charge in [-0.1, -0.05) is 42.8 Å². The van der Waals surface area contributed by atoms with Gasteiger partial charge in [0.15, 0.2) is 0 Å². The Morgan fingerprint density at radius 1 is 1.30 bits per heavy atom. The van der Waals surface area contributed by atoms with E-state index in [-0.39, 0.29) is 11.8 Å². The number of carbonyl (C=O) groups excluding carboxylic acids is 2. The molecule has 0 atom stereocenters. The van der Waals surface area contributed by atoms with Crippen molar-refractivity contribution in [1.82, 2.24) is 10.2 Å². The summed E-state index contributed by atoms with van der Waals surface area (Å²) in [5, 5.41) is 2.91. The molecule has 0 aliphatic carbocycles. The second kappa shape index (κ2) is 7.64. The molecule has 4 nitrogen and oxygen atoms in total. The fourth-order valence-electron chi connectivity index (χ4n) is 3.02. The van der Waals surface area contributed by atoms with Gasteiger partial charge in [0.2, 0.25) is 11.8 Å². The van der Waals surface area contributed by atoms with Crippen molar-refractivity contribution < 1.29 is 9.59 Å². The maximum atomic E-state index is 12.8. The van der Waals surface area contributed by atoms with Crippen molar-refractivity contribution in [3.05, 3.63) is 48.6 Å². The third kappa shape index (κ3) is 3.62. The molecule has 0 bridgehead atoms. The van der Waals surface area contributed by atoms with E-state index in [0.29, 0.717) is 32.5 Å². The fourth-order valence-corrected chi connectivity index (χ4v) is 3.02. The highest BCUT2D eigenvalue weighted by molar-refractivity contribution is 5.90. The zero-order valence-corrected chi connectivity index (χ0v) is 13.5. The molecule has 1 N–H and O–H groups in total. The quantitative estimate of drug-likeness (QED) is 0.682. The van der Waals surface area contributed by atoms with Crippen LogP contribution in [0.15, 0.2) is 43.0 Å². The van der Waals surface area contributed by atoms with Crippen LogP contribution in [0, 0.1) is 11.8 Å². The molecule has 1 saturated heterocycles. The first-order valence-electron chi connectivity index (χ1n) is 7.79. The number of hydrogen-bond donors (Lipinski definition) is 1. The van der Waals surface area contributed by atoms with E-state index in [1.807, 2.05) is 30.3 Å². The summed E-state index contributed by atoms with van der Waals surface area (Å²) in [6, 6.07) is 9.79. The summed E-state index contributed by atoms with van der Waals surface area (Å²) in [5.74, 6) is 5.55. The van der Waals surface area contributed by atoms with Crippen molar-refractivity contribution in [1.29, 1.82) is 0 Å². The third-order valence-corrected chi connectivity index (χ3v) is 4.38. The standard InChI is InChI=1S/C19H22N2O2/c1-3-5-13-20-18(23)19(16-9-7-6-8-10-16)11-14-21(15-12-19)17(22)4-2/h4,6-10H,2,11-15H2,1H3,(H,20,23). The van der Waals surface area contributed by atoms with Gasteiger partial charge in [-0.2, -0.15) is 0 Å². The van der Waals surface area contributed by atoms with Crippen LogP contribution in [-0.2, 0) is 15.0 Å². The van der Waals surface area contributed by atoms with Gasteiger partial charge in [0.05, 0.1) is 12.0 Å². The first-order chi connectivity index (χ1) is 11.1. The fraction of sp³-hybridized carbons (Fsp3) is 0.368. The zero-order chi connectivity index (χ0) is 16.7. The van der Waals surface area contributed by atoms with E-state index < -0.39 is 5.41 Å². The van der Waals surface area contributed by atoms with Crippen LogP contribution in [0.25, 0.3) is 0 Å². The second-order valence-corrected chi connectivity index (χ2v) is 5.59. The zero-order valence-electron chi connectivity index (χ0n) is 13.5. The summed E-state index contributed by atoms with van der Waals surface area (Å²) < 4.78 is 0. The van der Waals surface area contributed by atoms with E-state index in [9.17, 15) is 9.59 Å². The largest absolute Gasteiger partial charge is 0.344 e. The van der Waals surface area contributed by atoms with Gasteiger partial charge in [-0.15, -0.1) is 5.92 Å². The summed E-state index contributed by atoms with van der Waals surface area (Å²) in [7, 11) is 0. The normalized spacial score (nSPS) is 16.0. The number of benzene rings is 1. The minimum atomic E-state index is -0.603. The molecule has 4 heteroatoms. The number of nitrogens with zero attached hydrogens (tertiary/aromatic N) is 1. The number of nitrogens with one attached hydrogen (secondary N) is 1. The lowest BCUT2D eigenvalue weighted by molar-refractivity contribution is -0.133. The van der Waals surface area contributed by atoms with Gasteiger partial charge < -0.3 is 10.2 Å². The van der Waals surface area contributed by atoms with E-state index in [4.69, 9.17) is 0 Å². The Balaban J connectivity index is 2.23. The van der Waals surface area contributed by atoms with Crippen LogP contribution in [0.4, 0.5) is 0 Å². The summed E-state index contributed by atoms with van der Waals surface area (Å²) >= 11 is 0. The Labute approximate surface area is 137 Å². The second-order valence-electron chi connectivity index (χ2n) is 5.59. The molecule has 1 aromatic rings. The molecular formula is C19H22N2O2. The van der Waals surface area contributed by atoms with Crippen molar-refractivity contribution in [3.63, 3.8) is 0 Å². The number of likely N-dealkylation sites (tertiary alicyclic amines) is 1. The molecule has 1 fully saturated rings. The Bertz CT molecular complexity index is 632. The minimum Gasteiger partial charge on any atom is -0.344 e. The third-order valence-electron chi connectivity index (χ3n) is 4.38. The number of piperidine rings is 1. The number of carbonyl (C=O) groups is 2. The average molecular weight is 310 g/mol. The van der Waals surface area contributed by atoms with Gasteiger partial charge in [-0.3, -0.25) is 9.59 Å². The Kier molecular flexibility index (Phi) is 5.59. The van der Waals surface area contributed by atoms with Crippen molar-refractivity contribution in [3.8, 4) is 11.8 Å². The first-order valence-corrected chi connectivity index (χ1v) is 7.79. The molecule has 1 heterocycles. The van der Waals surface area contributed by atoms with Crippen LogP contribution in [0.2, 0.25) is 0 Å². The lowest BCUT2D eigenvalue weighted by Gasteiger charge is -2.40. The topological polar surface area (TPSA) is 49.4 Å². The minimum absolute atomic E-state index is 0.0165. The molecule has 1 aromatic carbocycles. The lowest BCUT2D eigenvalue weighted by atomic mass is 9.72. The maximum absolute atomic E-state index is 12.8. The number of amides is 2. The monoisotopic (exact) mass is 310 g/mol. The van der Waals surface area contributed by atoms with Crippen LogP contribution >= 0.6 is 0 Å². The molecule has 0 unspecified atom stereocenters. The van der Waals surface area contributed by atoms with Crippen LogP contribution in [-0.4, -0.2) is 36.3 Å². The van der Waals surface area contributed by atoms with Crippen molar-refractivity contribution in [2.45, 2.75) is 25.2 Å². The van der Waals surface area contributed by atoms with Gasteiger partial charge in [-0.05, 0) is 31.4 Å². The molecule has 2 amide bonds. The highest BCUT2D eigenvalue weighted by atomic mass is 16.2. The van der Waals surface area contributed by atoms with Gasteiger partial charge in [0, 0.05) is 13.1 Å². The van der Waals surface area contributed by atoms with Crippen LogP contribution in [0.3, 0.4) is 0 Å². The smallest absolute Gasteiger partial charge is 0.245 e. The summed E-state index contributed by atoms with van der Waals surface area (Å²) in [4.78, 5) is 26.4. The Hall–Kier alpha value is -2.54. The van der Waals surface area contributed by atoms with Crippen molar-refractivity contribution in [2.24, 2.45) is 0 Å². The predicted molar refractivity (Wildman–Crippen MR) is 90.6 cm³/mol. The maximum Gasteiger partial charge on any atom is 0.245 e. The Morgan fingerprint density at radius 3 is 2.52 bits per heavy atom. The summed E-state index contributed by atoms with van der Waals surface area (Å²) in [6.45, 7) is 6.72. The molecular weight excluding hydrogens is 288 g/mol. The van der Waals surface area contributed by atoms with E-state index in [2.05, 4.69) is 23.7 Å². The average Bonchev–Trinajstić information content (AvgIpc) is 2.62. The highest BCUT2D eigenvalue weighted by Crippen LogP contribution is 2.36. The molecule has 0 spiro atoms. The molecule has 0 radical (unpaired) electrons. The van der Waals surface area contributed by atoms with E-state index >= 15 is 0 Å². The molecule has 0 saturated carbocycles. The SMILES string of the molecule is C=CC(=O)N1CCC(C(=O)NCC#CC)(c2ccccc2)CC1. The van der Waals surface area contributed by atoms with E-state index in [1.165, 1.54) is 6.08 Å².